The Hall–Kier alpha value is -1.62. The molecule has 4 nitrogen and oxygen atoms in total. The molecule has 1 aromatic rings. The number of anilines is 1. The van der Waals surface area contributed by atoms with Crippen LogP contribution in [0, 0.1) is 5.82 Å². The molecule has 2 N–H and O–H groups in total. The molecule has 0 spiro atoms. The Balaban J connectivity index is 2.68. The second-order valence-corrected chi connectivity index (χ2v) is 3.85. The van der Waals surface area contributed by atoms with Crippen molar-refractivity contribution in [3.8, 4) is 0 Å². The van der Waals surface area contributed by atoms with Gasteiger partial charge in [-0.3, -0.25) is 4.79 Å². The second kappa shape index (κ2) is 6.20. The fourth-order valence-electron chi connectivity index (χ4n) is 1.50. The summed E-state index contributed by atoms with van der Waals surface area (Å²) < 4.78 is 18.0. The number of nitrogens with two attached hydrogens (primary N) is 1. The molecule has 1 aromatic carbocycles. The predicted octanol–water partition coefficient (Wildman–Crippen LogP) is 1.52. The predicted molar refractivity (Wildman–Crippen MR) is 64.3 cm³/mol. The van der Waals surface area contributed by atoms with Crippen LogP contribution in [0.4, 0.5) is 10.1 Å². The van der Waals surface area contributed by atoms with Gasteiger partial charge in [0, 0.05) is 38.6 Å². The van der Waals surface area contributed by atoms with Gasteiger partial charge in [0.15, 0.2) is 0 Å². The second-order valence-electron chi connectivity index (χ2n) is 3.85. The van der Waals surface area contributed by atoms with Crippen molar-refractivity contribution in [1.82, 2.24) is 4.90 Å². The van der Waals surface area contributed by atoms with E-state index in [1.54, 1.807) is 14.2 Å². The summed E-state index contributed by atoms with van der Waals surface area (Å²) in [5, 5.41) is 0. The van der Waals surface area contributed by atoms with Crippen LogP contribution in [0.15, 0.2) is 18.2 Å². The minimum Gasteiger partial charge on any atom is -0.399 e. The molecule has 0 unspecified atom stereocenters. The van der Waals surface area contributed by atoms with Crippen molar-refractivity contribution in [1.29, 1.82) is 0 Å². The van der Waals surface area contributed by atoms with Crippen LogP contribution in [0.25, 0.3) is 0 Å². The third kappa shape index (κ3) is 4.03. The highest BCUT2D eigenvalue weighted by Gasteiger charge is 2.12. The monoisotopic (exact) mass is 240 g/mol. The summed E-state index contributed by atoms with van der Waals surface area (Å²) >= 11 is 0. The molecule has 0 aliphatic heterocycles. The molecule has 0 aliphatic rings. The molecular weight excluding hydrogens is 223 g/mol. The number of amides is 1. The number of carbonyl (C=O) groups excluding carboxylic acids is 1. The van der Waals surface area contributed by atoms with E-state index < -0.39 is 5.82 Å². The smallest absolute Gasteiger partial charge is 0.253 e. The number of benzene rings is 1. The minimum absolute atomic E-state index is 0.243. The van der Waals surface area contributed by atoms with Crippen LogP contribution in [-0.2, 0) is 4.74 Å². The summed E-state index contributed by atoms with van der Waals surface area (Å²) in [6.45, 7) is 1.14. The fourth-order valence-corrected chi connectivity index (χ4v) is 1.50. The summed E-state index contributed by atoms with van der Waals surface area (Å²) in [6.07, 6.45) is 0.740. The number of nitrogen functional groups attached to an aromatic ring is 1. The minimum atomic E-state index is -0.501. The lowest BCUT2D eigenvalue weighted by Gasteiger charge is -2.17. The first-order valence-electron chi connectivity index (χ1n) is 5.35. The summed E-state index contributed by atoms with van der Waals surface area (Å²) in [7, 11) is 3.27. The molecule has 0 saturated heterocycles. The van der Waals surface area contributed by atoms with Gasteiger partial charge < -0.3 is 15.4 Å². The van der Waals surface area contributed by atoms with Gasteiger partial charge in [0.25, 0.3) is 5.91 Å². The van der Waals surface area contributed by atoms with Crippen LogP contribution in [0.5, 0.6) is 0 Å². The van der Waals surface area contributed by atoms with Gasteiger partial charge in [0.1, 0.15) is 5.82 Å². The highest BCUT2D eigenvalue weighted by Crippen LogP contribution is 2.12. The van der Waals surface area contributed by atoms with E-state index in [0.29, 0.717) is 13.2 Å². The standard InChI is InChI=1S/C12H17FN2O2/c1-15(4-3-5-17-2)12(16)9-6-10(13)8-11(14)7-9/h6-8H,3-5,14H2,1-2H3. The molecule has 5 heteroatoms. The van der Waals surface area contributed by atoms with E-state index in [1.807, 2.05) is 0 Å². The summed E-state index contributed by atoms with van der Waals surface area (Å²) in [5.74, 6) is -0.744. The van der Waals surface area contributed by atoms with Crippen LogP contribution in [0.3, 0.4) is 0 Å². The molecule has 0 bridgehead atoms. The first-order chi connectivity index (χ1) is 8.04. The Morgan fingerprint density at radius 1 is 1.47 bits per heavy atom. The largest absolute Gasteiger partial charge is 0.399 e. The fraction of sp³-hybridized carbons (Fsp3) is 0.417. The Labute approximate surface area is 100 Å². The third-order valence-corrected chi connectivity index (χ3v) is 2.36. The van der Waals surface area contributed by atoms with E-state index >= 15 is 0 Å². The molecule has 0 aliphatic carbocycles. The van der Waals surface area contributed by atoms with Gasteiger partial charge >= 0.3 is 0 Å². The van der Waals surface area contributed by atoms with Crippen LogP contribution >= 0.6 is 0 Å². The average molecular weight is 240 g/mol. The van der Waals surface area contributed by atoms with Gasteiger partial charge in [-0.1, -0.05) is 0 Å². The van der Waals surface area contributed by atoms with Gasteiger partial charge in [0.05, 0.1) is 0 Å². The topological polar surface area (TPSA) is 55.6 Å². The summed E-state index contributed by atoms with van der Waals surface area (Å²) in [5.41, 5.74) is 6.00. The van der Waals surface area contributed by atoms with Gasteiger partial charge in [-0.15, -0.1) is 0 Å². The quantitative estimate of drug-likeness (QED) is 0.627. The first-order valence-corrected chi connectivity index (χ1v) is 5.35. The lowest BCUT2D eigenvalue weighted by Crippen LogP contribution is -2.28. The molecule has 0 radical (unpaired) electrons. The summed E-state index contributed by atoms with van der Waals surface area (Å²) in [4.78, 5) is 13.4. The maximum Gasteiger partial charge on any atom is 0.253 e. The number of nitrogens with zero attached hydrogens (tertiary/aromatic N) is 1. The van der Waals surface area contributed by atoms with Crippen molar-refractivity contribution in [3.05, 3.63) is 29.6 Å². The van der Waals surface area contributed by atoms with Crippen molar-refractivity contribution in [2.24, 2.45) is 0 Å². The third-order valence-electron chi connectivity index (χ3n) is 2.36. The molecule has 0 saturated carbocycles. The number of hydrogen-bond donors (Lipinski definition) is 1. The lowest BCUT2D eigenvalue weighted by molar-refractivity contribution is 0.0779. The molecule has 1 rings (SSSR count). The van der Waals surface area contributed by atoms with Crippen LogP contribution < -0.4 is 5.73 Å². The molecule has 1 amide bonds. The molecule has 0 fully saturated rings. The molecule has 94 valence electrons. The number of ether oxygens (including phenoxy) is 1. The van der Waals surface area contributed by atoms with E-state index in [4.69, 9.17) is 10.5 Å². The van der Waals surface area contributed by atoms with Gasteiger partial charge in [-0.05, 0) is 24.6 Å². The highest BCUT2D eigenvalue weighted by molar-refractivity contribution is 5.94. The van der Waals surface area contributed by atoms with E-state index in [0.717, 1.165) is 6.42 Å². The van der Waals surface area contributed by atoms with Crippen molar-refractivity contribution in [2.45, 2.75) is 6.42 Å². The molecule has 17 heavy (non-hydrogen) atoms. The van der Waals surface area contributed by atoms with Gasteiger partial charge in [-0.25, -0.2) is 4.39 Å². The van der Waals surface area contributed by atoms with Gasteiger partial charge in [-0.2, -0.15) is 0 Å². The lowest BCUT2D eigenvalue weighted by atomic mass is 10.1. The zero-order valence-corrected chi connectivity index (χ0v) is 10.1. The Kier molecular flexibility index (Phi) is 4.90. The van der Waals surface area contributed by atoms with Crippen LogP contribution in [0.1, 0.15) is 16.8 Å². The number of rotatable bonds is 5. The van der Waals surface area contributed by atoms with E-state index in [2.05, 4.69) is 0 Å². The zero-order chi connectivity index (χ0) is 12.8. The van der Waals surface area contributed by atoms with Crippen LogP contribution in [0.2, 0.25) is 0 Å². The van der Waals surface area contributed by atoms with Crippen LogP contribution in [-0.4, -0.2) is 38.1 Å². The van der Waals surface area contributed by atoms with E-state index in [1.165, 1.54) is 23.1 Å². The Bertz CT molecular complexity index is 376. The average Bonchev–Trinajstić information content (AvgIpc) is 2.27. The normalized spacial score (nSPS) is 10.3. The SMILES string of the molecule is COCCCN(C)C(=O)c1cc(N)cc(F)c1. The molecule has 0 heterocycles. The number of halogens is 1. The van der Waals surface area contributed by atoms with Crippen molar-refractivity contribution < 1.29 is 13.9 Å². The zero-order valence-electron chi connectivity index (χ0n) is 10.1. The molecule has 0 aromatic heterocycles. The number of carbonyl (C=O) groups is 1. The Morgan fingerprint density at radius 2 is 2.18 bits per heavy atom. The summed E-state index contributed by atoms with van der Waals surface area (Å²) in [6, 6.07) is 3.84. The van der Waals surface area contributed by atoms with Crippen molar-refractivity contribution in [3.63, 3.8) is 0 Å². The van der Waals surface area contributed by atoms with Crippen molar-refractivity contribution >= 4 is 11.6 Å². The number of methoxy groups -OCH3 is 1. The Morgan fingerprint density at radius 3 is 2.76 bits per heavy atom. The molecule has 0 atom stereocenters. The first kappa shape index (κ1) is 13.4. The maximum atomic E-state index is 13.1. The highest BCUT2D eigenvalue weighted by atomic mass is 19.1. The van der Waals surface area contributed by atoms with E-state index in [-0.39, 0.29) is 17.2 Å². The maximum absolute atomic E-state index is 13.1. The van der Waals surface area contributed by atoms with E-state index in [9.17, 15) is 9.18 Å². The molecular formula is C12H17FN2O2. The van der Waals surface area contributed by atoms with Crippen molar-refractivity contribution in [2.75, 3.05) is 33.0 Å². The van der Waals surface area contributed by atoms with Gasteiger partial charge in [0.2, 0.25) is 0 Å². The number of hydrogen-bond acceptors (Lipinski definition) is 3.